The number of aliphatic hydroxyl groups is 1. The minimum atomic E-state index is -3.36. The maximum Gasteiger partial charge on any atom is 0.214 e. The Morgan fingerprint density at radius 1 is 1.33 bits per heavy atom. The van der Waals surface area contributed by atoms with Crippen molar-refractivity contribution in [3.8, 4) is 11.8 Å². The molecule has 21 heavy (non-hydrogen) atoms. The number of nitrogens with one attached hydrogen (secondary N) is 1. The number of benzene rings is 1. The van der Waals surface area contributed by atoms with Crippen molar-refractivity contribution in [3.63, 3.8) is 0 Å². The van der Waals surface area contributed by atoms with E-state index in [1.165, 1.54) is 0 Å². The van der Waals surface area contributed by atoms with E-state index in [0.29, 0.717) is 13.0 Å². The molecule has 0 aliphatic heterocycles. The molecule has 0 radical (unpaired) electrons. The molecule has 0 saturated carbocycles. The molecular weight excluding hydrogens is 290 g/mol. The Balaban J connectivity index is 2.65. The first-order valence-electron chi connectivity index (χ1n) is 6.81. The van der Waals surface area contributed by atoms with Crippen molar-refractivity contribution in [3.05, 3.63) is 35.4 Å². The van der Waals surface area contributed by atoms with Crippen molar-refractivity contribution in [2.24, 2.45) is 0 Å². The summed E-state index contributed by atoms with van der Waals surface area (Å²) in [5.41, 5.74) is 1.57. The molecule has 0 atom stereocenters. The minimum absolute atomic E-state index is 0.0131. The van der Waals surface area contributed by atoms with Crippen molar-refractivity contribution in [1.29, 1.82) is 0 Å². The SMILES string of the molecule is CCOCCS(=O)(=O)NCc1ccccc1C#CCCO. The summed E-state index contributed by atoms with van der Waals surface area (Å²) in [5.74, 6) is 5.71. The average Bonchev–Trinajstić information content (AvgIpc) is 2.47. The molecular formula is C15H21NO4S. The van der Waals surface area contributed by atoms with Gasteiger partial charge in [-0.1, -0.05) is 30.0 Å². The average molecular weight is 311 g/mol. The minimum Gasteiger partial charge on any atom is -0.395 e. The van der Waals surface area contributed by atoms with E-state index in [1.807, 2.05) is 31.2 Å². The van der Waals surface area contributed by atoms with Gasteiger partial charge in [0.2, 0.25) is 10.0 Å². The van der Waals surface area contributed by atoms with Gasteiger partial charge in [-0.2, -0.15) is 0 Å². The molecule has 0 aliphatic carbocycles. The van der Waals surface area contributed by atoms with Crippen LogP contribution in [0.4, 0.5) is 0 Å². The largest absolute Gasteiger partial charge is 0.395 e. The van der Waals surface area contributed by atoms with Crippen molar-refractivity contribution in [2.75, 3.05) is 25.6 Å². The highest BCUT2D eigenvalue weighted by molar-refractivity contribution is 7.89. The van der Waals surface area contributed by atoms with E-state index >= 15 is 0 Å². The van der Waals surface area contributed by atoms with E-state index in [2.05, 4.69) is 16.6 Å². The zero-order valence-corrected chi connectivity index (χ0v) is 12.9. The fourth-order valence-corrected chi connectivity index (χ4v) is 2.44. The normalized spacial score (nSPS) is 11.0. The number of sulfonamides is 1. The highest BCUT2D eigenvalue weighted by Gasteiger charge is 2.10. The lowest BCUT2D eigenvalue weighted by Crippen LogP contribution is -2.28. The summed E-state index contributed by atoms with van der Waals surface area (Å²) in [5, 5.41) is 8.72. The Hall–Kier alpha value is -1.39. The van der Waals surface area contributed by atoms with Crippen LogP contribution in [0.3, 0.4) is 0 Å². The molecule has 116 valence electrons. The second-order valence-electron chi connectivity index (χ2n) is 4.27. The maximum absolute atomic E-state index is 11.8. The number of aliphatic hydroxyl groups excluding tert-OH is 1. The first-order valence-corrected chi connectivity index (χ1v) is 8.47. The summed E-state index contributed by atoms with van der Waals surface area (Å²) in [7, 11) is -3.36. The van der Waals surface area contributed by atoms with E-state index in [1.54, 1.807) is 0 Å². The monoisotopic (exact) mass is 311 g/mol. The first-order chi connectivity index (χ1) is 10.1. The van der Waals surface area contributed by atoms with E-state index in [9.17, 15) is 8.42 Å². The van der Waals surface area contributed by atoms with Crippen LogP contribution in [0.1, 0.15) is 24.5 Å². The third kappa shape index (κ3) is 7.25. The maximum atomic E-state index is 11.8. The second kappa shape index (κ2) is 9.53. The molecule has 0 spiro atoms. The van der Waals surface area contributed by atoms with Crippen LogP contribution in [-0.4, -0.2) is 39.1 Å². The zero-order chi connectivity index (χ0) is 15.6. The molecule has 0 amide bonds. The van der Waals surface area contributed by atoms with Gasteiger partial charge in [0.1, 0.15) is 0 Å². The van der Waals surface area contributed by atoms with Gasteiger partial charge in [0.15, 0.2) is 0 Å². The Labute approximate surface area is 126 Å². The number of hydrogen-bond donors (Lipinski definition) is 2. The topological polar surface area (TPSA) is 75.6 Å². The van der Waals surface area contributed by atoms with Crippen LogP contribution in [0, 0.1) is 11.8 Å². The molecule has 0 fully saturated rings. The molecule has 0 saturated heterocycles. The summed E-state index contributed by atoms with van der Waals surface area (Å²) in [4.78, 5) is 0. The van der Waals surface area contributed by atoms with Gasteiger partial charge in [0, 0.05) is 25.1 Å². The van der Waals surface area contributed by atoms with Gasteiger partial charge < -0.3 is 9.84 Å². The molecule has 0 bridgehead atoms. The summed E-state index contributed by atoms with van der Waals surface area (Å²) in [6, 6.07) is 7.33. The summed E-state index contributed by atoms with van der Waals surface area (Å²) in [6.07, 6.45) is 0.397. The van der Waals surface area contributed by atoms with Crippen molar-refractivity contribution < 1.29 is 18.3 Å². The standard InChI is InChI=1S/C15H21NO4S/c1-2-20-11-12-21(18,19)16-13-15-9-4-3-7-14(15)8-5-6-10-17/h3-4,7,9,16-17H,2,6,10-13H2,1H3. The van der Waals surface area contributed by atoms with Crippen LogP contribution in [0.2, 0.25) is 0 Å². The van der Waals surface area contributed by atoms with Gasteiger partial charge in [-0.05, 0) is 18.6 Å². The number of ether oxygens (including phenoxy) is 1. The molecule has 5 nitrogen and oxygen atoms in total. The molecule has 0 heterocycles. The zero-order valence-electron chi connectivity index (χ0n) is 12.1. The van der Waals surface area contributed by atoms with Crippen LogP contribution in [0.25, 0.3) is 0 Å². The quantitative estimate of drug-likeness (QED) is 0.552. The van der Waals surface area contributed by atoms with Crippen molar-refractivity contribution >= 4 is 10.0 Å². The van der Waals surface area contributed by atoms with Crippen LogP contribution in [-0.2, 0) is 21.3 Å². The number of rotatable bonds is 8. The van der Waals surface area contributed by atoms with E-state index < -0.39 is 10.0 Å². The van der Waals surface area contributed by atoms with Crippen LogP contribution in [0.5, 0.6) is 0 Å². The fraction of sp³-hybridized carbons (Fsp3) is 0.467. The van der Waals surface area contributed by atoms with Gasteiger partial charge in [-0.25, -0.2) is 13.1 Å². The predicted octanol–water partition coefficient (Wildman–Crippen LogP) is 0.876. The molecule has 1 aromatic rings. The predicted molar refractivity (Wildman–Crippen MR) is 82.1 cm³/mol. The van der Waals surface area contributed by atoms with Crippen LogP contribution < -0.4 is 4.72 Å². The van der Waals surface area contributed by atoms with E-state index in [-0.39, 0.29) is 25.5 Å². The van der Waals surface area contributed by atoms with Gasteiger partial charge in [0.05, 0.1) is 19.0 Å². The molecule has 2 N–H and O–H groups in total. The van der Waals surface area contributed by atoms with E-state index in [0.717, 1.165) is 11.1 Å². The summed E-state index contributed by atoms with van der Waals surface area (Å²) >= 11 is 0. The van der Waals surface area contributed by atoms with Crippen molar-refractivity contribution in [2.45, 2.75) is 19.9 Å². The Morgan fingerprint density at radius 2 is 2.10 bits per heavy atom. The van der Waals surface area contributed by atoms with E-state index in [4.69, 9.17) is 9.84 Å². The first kappa shape index (κ1) is 17.7. The lowest BCUT2D eigenvalue weighted by atomic mass is 10.1. The lowest BCUT2D eigenvalue weighted by molar-refractivity contribution is 0.163. The fourth-order valence-electron chi connectivity index (χ4n) is 1.58. The molecule has 0 aromatic heterocycles. The van der Waals surface area contributed by atoms with Gasteiger partial charge in [0.25, 0.3) is 0 Å². The van der Waals surface area contributed by atoms with Gasteiger partial charge in [-0.15, -0.1) is 0 Å². The highest BCUT2D eigenvalue weighted by atomic mass is 32.2. The third-order valence-corrected chi connectivity index (χ3v) is 3.95. The third-order valence-electron chi connectivity index (χ3n) is 2.66. The highest BCUT2D eigenvalue weighted by Crippen LogP contribution is 2.07. The van der Waals surface area contributed by atoms with Gasteiger partial charge in [-0.3, -0.25) is 0 Å². The molecule has 1 aromatic carbocycles. The molecule has 1 rings (SSSR count). The van der Waals surface area contributed by atoms with Crippen LogP contribution >= 0.6 is 0 Å². The Kier molecular flexibility index (Phi) is 8.01. The Bertz CT molecular complexity index is 587. The van der Waals surface area contributed by atoms with Gasteiger partial charge >= 0.3 is 0 Å². The molecule has 0 aliphatic rings. The molecule has 6 heteroatoms. The number of hydrogen-bond acceptors (Lipinski definition) is 4. The Morgan fingerprint density at radius 3 is 2.81 bits per heavy atom. The molecule has 0 unspecified atom stereocenters. The smallest absolute Gasteiger partial charge is 0.214 e. The summed E-state index contributed by atoms with van der Waals surface area (Å²) < 4.78 is 31.2. The van der Waals surface area contributed by atoms with Crippen molar-refractivity contribution in [1.82, 2.24) is 4.72 Å². The summed E-state index contributed by atoms with van der Waals surface area (Å²) in [6.45, 7) is 2.71. The second-order valence-corrected chi connectivity index (χ2v) is 6.20. The lowest BCUT2D eigenvalue weighted by Gasteiger charge is -2.08. The van der Waals surface area contributed by atoms with Crippen LogP contribution in [0.15, 0.2) is 24.3 Å².